The van der Waals surface area contributed by atoms with Crippen molar-refractivity contribution < 1.29 is 4.79 Å². The molecule has 1 aliphatic heterocycles. The Kier molecular flexibility index (Phi) is 5.93. The van der Waals surface area contributed by atoms with Gasteiger partial charge in [-0.25, -0.2) is 4.79 Å². The van der Waals surface area contributed by atoms with Gasteiger partial charge in [0.1, 0.15) is 6.54 Å². The van der Waals surface area contributed by atoms with E-state index in [0.717, 1.165) is 35.8 Å². The van der Waals surface area contributed by atoms with Gasteiger partial charge in [-0.1, -0.05) is 42.6 Å². The predicted molar refractivity (Wildman–Crippen MR) is 101 cm³/mol. The van der Waals surface area contributed by atoms with Crippen molar-refractivity contribution in [3.63, 3.8) is 0 Å². The molecular formula is C19H22ClN3O3. The fraction of sp³-hybridized carbons (Fsp3) is 0.421. The lowest BCUT2D eigenvalue weighted by Crippen LogP contribution is -2.44. The number of nitrogens with zero attached hydrogens (tertiary/aromatic N) is 3. The van der Waals surface area contributed by atoms with Gasteiger partial charge in [-0.05, 0) is 24.5 Å². The molecule has 1 amide bonds. The zero-order valence-corrected chi connectivity index (χ0v) is 15.3. The molecule has 0 saturated carbocycles. The molecule has 1 aromatic carbocycles. The average Bonchev–Trinajstić information content (AvgIpc) is 2.92. The maximum Gasteiger partial charge on any atom is 0.331 e. The van der Waals surface area contributed by atoms with Crippen LogP contribution in [0.25, 0.3) is 0 Å². The van der Waals surface area contributed by atoms with Crippen molar-refractivity contribution in [2.75, 3.05) is 13.1 Å². The van der Waals surface area contributed by atoms with Crippen LogP contribution in [0, 0.1) is 0 Å². The Bertz CT molecular complexity index is 895. The van der Waals surface area contributed by atoms with Gasteiger partial charge in [-0.15, -0.1) is 0 Å². The first-order valence-corrected chi connectivity index (χ1v) is 9.25. The summed E-state index contributed by atoms with van der Waals surface area (Å²) in [6, 6.07) is 8.54. The van der Waals surface area contributed by atoms with E-state index in [4.69, 9.17) is 11.6 Å². The molecule has 0 radical (unpaired) electrons. The largest absolute Gasteiger partial charge is 0.341 e. The van der Waals surface area contributed by atoms with E-state index in [0.29, 0.717) is 18.1 Å². The van der Waals surface area contributed by atoms with E-state index < -0.39 is 11.2 Å². The molecule has 138 valence electrons. The lowest BCUT2D eigenvalue weighted by molar-refractivity contribution is -0.131. The number of aromatic nitrogens is 2. The molecule has 1 fully saturated rings. The van der Waals surface area contributed by atoms with E-state index >= 15 is 0 Å². The van der Waals surface area contributed by atoms with E-state index in [1.54, 1.807) is 11.0 Å². The van der Waals surface area contributed by atoms with Crippen LogP contribution in [-0.2, 0) is 17.9 Å². The van der Waals surface area contributed by atoms with Crippen LogP contribution in [0.15, 0.2) is 46.1 Å². The Hall–Kier alpha value is -2.34. The quantitative estimate of drug-likeness (QED) is 0.822. The number of halogens is 1. The van der Waals surface area contributed by atoms with Gasteiger partial charge in [-0.3, -0.25) is 18.7 Å². The van der Waals surface area contributed by atoms with Gasteiger partial charge in [0.2, 0.25) is 5.91 Å². The van der Waals surface area contributed by atoms with Crippen LogP contribution >= 0.6 is 11.6 Å². The fourth-order valence-electron chi connectivity index (χ4n) is 3.19. The highest BCUT2D eigenvalue weighted by Crippen LogP contribution is 2.15. The minimum atomic E-state index is -0.499. The number of benzene rings is 1. The number of amides is 1. The number of hydrogen-bond donors (Lipinski definition) is 0. The van der Waals surface area contributed by atoms with Crippen molar-refractivity contribution in [3.8, 4) is 0 Å². The summed E-state index contributed by atoms with van der Waals surface area (Å²) >= 11 is 6.15. The van der Waals surface area contributed by atoms with Crippen LogP contribution < -0.4 is 11.2 Å². The van der Waals surface area contributed by atoms with Crippen molar-refractivity contribution in [1.82, 2.24) is 14.0 Å². The van der Waals surface area contributed by atoms with E-state index in [2.05, 4.69) is 0 Å². The molecular weight excluding hydrogens is 354 g/mol. The molecule has 1 aliphatic rings. The third kappa shape index (κ3) is 4.25. The second kappa shape index (κ2) is 8.36. The lowest BCUT2D eigenvalue weighted by atomic mass is 10.2. The summed E-state index contributed by atoms with van der Waals surface area (Å²) in [5, 5.41) is 0.554. The molecule has 0 bridgehead atoms. The number of carbonyl (C=O) groups is 1. The molecule has 1 aromatic heterocycles. The van der Waals surface area contributed by atoms with E-state index in [-0.39, 0.29) is 19.0 Å². The first-order chi connectivity index (χ1) is 12.6. The monoisotopic (exact) mass is 375 g/mol. The highest BCUT2D eigenvalue weighted by Gasteiger charge is 2.18. The Morgan fingerprint density at radius 2 is 1.69 bits per heavy atom. The van der Waals surface area contributed by atoms with Gasteiger partial charge in [0.15, 0.2) is 0 Å². The minimum Gasteiger partial charge on any atom is -0.341 e. The predicted octanol–water partition coefficient (Wildman–Crippen LogP) is 2.11. The van der Waals surface area contributed by atoms with E-state index in [1.165, 1.54) is 16.8 Å². The van der Waals surface area contributed by atoms with Crippen molar-refractivity contribution in [2.45, 2.75) is 38.8 Å². The SMILES string of the molecule is O=C(Cn1c(=O)ccn(Cc2ccccc2Cl)c1=O)N1CCCCCC1. The summed E-state index contributed by atoms with van der Waals surface area (Å²) in [5.74, 6) is -0.179. The van der Waals surface area contributed by atoms with Crippen LogP contribution in [0.4, 0.5) is 0 Å². The average molecular weight is 376 g/mol. The summed E-state index contributed by atoms with van der Waals surface area (Å²) < 4.78 is 2.41. The van der Waals surface area contributed by atoms with Gasteiger partial charge in [0, 0.05) is 30.4 Å². The molecule has 3 rings (SSSR count). The summed E-state index contributed by atoms with van der Waals surface area (Å²) in [6.45, 7) is 1.40. The number of rotatable bonds is 4. The zero-order valence-electron chi connectivity index (χ0n) is 14.6. The summed E-state index contributed by atoms with van der Waals surface area (Å²) in [5.41, 5.74) is -0.186. The van der Waals surface area contributed by atoms with Crippen LogP contribution in [0.2, 0.25) is 5.02 Å². The Balaban J connectivity index is 1.83. The Morgan fingerprint density at radius 1 is 1.00 bits per heavy atom. The molecule has 0 atom stereocenters. The summed E-state index contributed by atoms with van der Waals surface area (Å²) in [4.78, 5) is 39.2. The van der Waals surface area contributed by atoms with Crippen LogP contribution in [0.1, 0.15) is 31.2 Å². The van der Waals surface area contributed by atoms with Gasteiger partial charge in [0.05, 0.1) is 6.54 Å². The van der Waals surface area contributed by atoms with E-state index in [9.17, 15) is 14.4 Å². The molecule has 0 N–H and O–H groups in total. The highest BCUT2D eigenvalue weighted by atomic mass is 35.5. The number of carbonyl (C=O) groups excluding carboxylic acids is 1. The topological polar surface area (TPSA) is 64.3 Å². The molecule has 0 spiro atoms. The second-order valence-electron chi connectivity index (χ2n) is 6.54. The van der Waals surface area contributed by atoms with Crippen molar-refractivity contribution in [1.29, 1.82) is 0 Å². The van der Waals surface area contributed by atoms with E-state index in [1.807, 2.05) is 18.2 Å². The first kappa shape index (κ1) is 18.5. The van der Waals surface area contributed by atoms with Crippen molar-refractivity contribution >= 4 is 17.5 Å². The number of hydrogen-bond acceptors (Lipinski definition) is 3. The second-order valence-corrected chi connectivity index (χ2v) is 6.94. The molecule has 0 unspecified atom stereocenters. The maximum atomic E-state index is 12.7. The third-order valence-electron chi connectivity index (χ3n) is 4.69. The van der Waals surface area contributed by atoms with Gasteiger partial charge >= 0.3 is 5.69 Å². The zero-order chi connectivity index (χ0) is 18.5. The van der Waals surface area contributed by atoms with Crippen LogP contribution in [0.3, 0.4) is 0 Å². The molecule has 1 saturated heterocycles. The van der Waals surface area contributed by atoms with Gasteiger partial charge < -0.3 is 4.90 Å². The molecule has 2 aromatic rings. The molecule has 6 nitrogen and oxygen atoms in total. The smallest absolute Gasteiger partial charge is 0.331 e. The van der Waals surface area contributed by atoms with Crippen molar-refractivity contribution in [3.05, 3.63) is 68.0 Å². The van der Waals surface area contributed by atoms with Crippen LogP contribution in [0.5, 0.6) is 0 Å². The standard InChI is InChI=1S/C19H22ClN3O3/c20-16-8-4-3-7-15(16)13-22-12-9-17(24)23(19(22)26)14-18(25)21-10-5-1-2-6-11-21/h3-4,7-9,12H,1-2,5-6,10-11,13-14H2. The maximum absolute atomic E-state index is 12.7. The summed E-state index contributed by atoms with van der Waals surface area (Å²) in [7, 11) is 0. The molecule has 2 heterocycles. The molecule has 0 aliphatic carbocycles. The normalized spacial score (nSPS) is 14.9. The Morgan fingerprint density at radius 3 is 2.38 bits per heavy atom. The third-order valence-corrected chi connectivity index (χ3v) is 5.06. The van der Waals surface area contributed by atoms with Crippen LogP contribution in [-0.4, -0.2) is 33.0 Å². The minimum absolute atomic E-state index is 0.179. The van der Waals surface area contributed by atoms with Gasteiger partial charge in [-0.2, -0.15) is 0 Å². The molecule has 7 heteroatoms. The van der Waals surface area contributed by atoms with Gasteiger partial charge in [0.25, 0.3) is 5.56 Å². The summed E-state index contributed by atoms with van der Waals surface area (Å²) in [6.07, 6.45) is 5.60. The molecule has 26 heavy (non-hydrogen) atoms. The lowest BCUT2D eigenvalue weighted by Gasteiger charge is -2.20. The highest BCUT2D eigenvalue weighted by molar-refractivity contribution is 6.31. The number of likely N-dealkylation sites (tertiary alicyclic amines) is 1. The Labute approximate surface area is 156 Å². The van der Waals surface area contributed by atoms with Crippen molar-refractivity contribution in [2.24, 2.45) is 0 Å². The first-order valence-electron chi connectivity index (χ1n) is 8.88. The fourth-order valence-corrected chi connectivity index (χ4v) is 3.38.